The van der Waals surface area contributed by atoms with Gasteiger partial charge in [-0.25, -0.2) is 0 Å². The lowest BCUT2D eigenvalue weighted by Gasteiger charge is -2.23. The summed E-state index contributed by atoms with van der Waals surface area (Å²) >= 11 is 0. The van der Waals surface area contributed by atoms with Gasteiger partial charge >= 0.3 is 0 Å². The molecule has 1 amide bonds. The van der Waals surface area contributed by atoms with E-state index in [1.54, 1.807) is 0 Å². The van der Waals surface area contributed by atoms with Crippen molar-refractivity contribution in [1.29, 1.82) is 0 Å². The van der Waals surface area contributed by atoms with Crippen LogP contribution in [0.3, 0.4) is 0 Å². The van der Waals surface area contributed by atoms with Gasteiger partial charge in [0.05, 0.1) is 0 Å². The second kappa shape index (κ2) is 6.52. The van der Waals surface area contributed by atoms with Crippen LogP contribution in [0, 0.1) is 11.8 Å². The van der Waals surface area contributed by atoms with Crippen LogP contribution in [0.5, 0.6) is 5.75 Å². The Morgan fingerprint density at radius 3 is 2.65 bits per heavy atom. The number of nitrogens with one attached hydrogen (secondary N) is 1. The summed E-state index contributed by atoms with van der Waals surface area (Å²) in [5.41, 5.74) is 3.40. The van der Waals surface area contributed by atoms with Crippen molar-refractivity contribution >= 4 is 11.6 Å². The maximum Gasteiger partial charge on any atom is 0.227 e. The molecule has 23 heavy (non-hydrogen) atoms. The fourth-order valence-corrected chi connectivity index (χ4v) is 3.51. The van der Waals surface area contributed by atoms with Gasteiger partial charge in [0.25, 0.3) is 0 Å². The van der Waals surface area contributed by atoms with Gasteiger partial charge in [-0.1, -0.05) is 13.8 Å². The van der Waals surface area contributed by atoms with Crippen molar-refractivity contribution in [2.24, 2.45) is 11.8 Å². The van der Waals surface area contributed by atoms with Crippen LogP contribution in [-0.2, 0) is 17.6 Å². The summed E-state index contributed by atoms with van der Waals surface area (Å²) in [6.45, 7) is 10.3. The number of amides is 1. The zero-order chi connectivity index (χ0) is 16.6. The van der Waals surface area contributed by atoms with Gasteiger partial charge in [0, 0.05) is 24.2 Å². The minimum atomic E-state index is 0.0968. The summed E-state index contributed by atoms with van der Waals surface area (Å²) in [5, 5.41) is 3.15. The Morgan fingerprint density at radius 2 is 1.96 bits per heavy atom. The molecule has 0 saturated heterocycles. The highest BCUT2D eigenvalue weighted by atomic mass is 16.5. The van der Waals surface area contributed by atoms with Crippen LogP contribution >= 0.6 is 0 Å². The highest BCUT2D eigenvalue weighted by Crippen LogP contribution is 2.34. The van der Waals surface area contributed by atoms with Gasteiger partial charge in [-0.05, 0) is 62.3 Å². The maximum absolute atomic E-state index is 12.4. The predicted molar refractivity (Wildman–Crippen MR) is 92.8 cm³/mol. The van der Waals surface area contributed by atoms with Crippen LogP contribution in [0.1, 0.15) is 45.2 Å². The number of carbonyl (C=O) groups excluding carboxylic acids is 1. The topological polar surface area (TPSA) is 41.6 Å². The van der Waals surface area contributed by atoms with E-state index in [1.165, 1.54) is 11.1 Å². The van der Waals surface area contributed by atoms with E-state index in [4.69, 9.17) is 4.74 Å². The molecular weight excluding hydrogens is 288 g/mol. The number of aryl methyl sites for hydroxylation is 1. The number of anilines is 1. The average Bonchev–Trinajstić information content (AvgIpc) is 2.77. The number of benzene rings is 1. The molecule has 1 N–H and O–H groups in total. The van der Waals surface area contributed by atoms with E-state index in [0.717, 1.165) is 37.2 Å². The first kappa shape index (κ1) is 16.3. The van der Waals surface area contributed by atoms with E-state index >= 15 is 0 Å². The molecule has 3 rings (SSSR count). The Hall–Kier alpha value is -1.55. The lowest BCUT2D eigenvalue weighted by atomic mass is 9.90. The van der Waals surface area contributed by atoms with E-state index in [2.05, 4.69) is 50.0 Å². The molecule has 1 aromatic rings. The Bertz CT molecular complexity index is 595. The zero-order valence-corrected chi connectivity index (χ0v) is 14.7. The standard InChI is InChI=1S/C19H28N2O2/c1-12(2)16-6-5-14-10-18-15(9-17(14)20-19(16)22)7-8-21(11-23-18)13(3)4/h9-10,12-13,16H,5-8,11H2,1-4H3,(H,20,22). The van der Waals surface area contributed by atoms with Crippen LogP contribution in [-0.4, -0.2) is 30.1 Å². The zero-order valence-electron chi connectivity index (χ0n) is 14.7. The lowest BCUT2D eigenvalue weighted by molar-refractivity contribution is -0.121. The second-order valence-corrected chi connectivity index (χ2v) is 7.43. The van der Waals surface area contributed by atoms with Crippen molar-refractivity contribution in [1.82, 2.24) is 4.90 Å². The SMILES string of the molecule is CC(C)C1CCc2cc3c(cc2NC1=O)CCN(C(C)C)CO3. The van der Waals surface area contributed by atoms with Gasteiger partial charge < -0.3 is 10.1 Å². The summed E-state index contributed by atoms with van der Waals surface area (Å²) in [7, 11) is 0. The van der Waals surface area contributed by atoms with Gasteiger partial charge in [-0.2, -0.15) is 0 Å². The first-order valence-electron chi connectivity index (χ1n) is 8.79. The number of hydrogen-bond donors (Lipinski definition) is 1. The Kier molecular flexibility index (Phi) is 4.62. The Labute approximate surface area is 139 Å². The molecular formula is C19H28N2O2. The molecule has 0 fully saturated rings. The Balaban J connectivity index is 1.86. The van der Waals surface area contributed by atoms with Crippen molar-refractivity contribution in [3.8, 4) is 5.75 Å². The summed E-state index contributed by atoms with van der Waals surface area (Å²) in [5.74, 6) is 1.62. The third-order valence-electron chi connectivity index (χ3n) is 5.19. The van der Waals surface area contributed by atoms with Crippen molar-refractivity contribution in [2.75, 3.05) is 18.6 Å². The predicted octanol–water partition coefficient (Wildman–Crippen LogP) is 3.45. The molecule has 0 aliphatic carbocycles. The molecule has 4 heteroatoms. The van der Waals surface area contributed by atoms with Gasteiger partial charge in [-0.3, -0.25) is 9.69 Å². The molecule has 1 atom stereocenters. The van der Waals surface area contributed by atoms with Crippen LogP contribution in [0.4, 0.5) is 5.69 Å². The first-order chi connectivity index (χ1) is 11.0. The smallest absolute Gasteiger partial charge is 0.227 e. The molecule has 126 valence electrons. The van der Waals surface area contributed by atoms with E-state index in [9.17, 15) is 4.79 Å². The fraction of sp³-hybridized carbons (Fsp3) is 0.632. The monoisotopic (exact) mass is 316 g/mol. The van der Waals surface area contributed by atoms with Crippen molar-refractivity contribution in [3.05, 3.63) is 23.3 Å². The highest BCUT2D eigenvalue weighted by Gasteiger charge is 2.27. The van der Waals surface area contributed by atoms with E-state index in [-0.39, 0.29) is 11.8 Å². The summed E-state index contributed by atoms with van der Waals surface area (Å²) in [6.07, 6.45) is 2.80. The molecule has 1 aromatic carbocycles. The number of rotatable bonds is 2. The average molecular weight is 316 g/mol. The minimum Gasteiger partial charge on any atom is -0.478 e. The molecule has 0 saturated carbocycles. The molecule has 2 heterocycles. The van der Waals surface area contributed by atoms with Gasteiger partial charge in [0.2, 0.25) is 5.91 Å². The van der Waals surface area contributed by atoms with Crippen LogP contribution in [0.2, 0.25) is 0 Å². The molecule has 0 spiro atoms. The van der Waals surface area contributed by atoms with Crippen LogP contribution in [0.25, 0.3) is 0 Å². The van der Waals surface area contributed by atoms with Gasteiger partial charge in [0.15, 0.2) is 0 Å². The van der Waals surface area contributed by atoms with E-state index < -0.39 is 0 Å². The van der Waals surface area contributed by atoms with E-state index in [0.29, 0.717) is 18.7 Å². The maximum atomic E-state index is 12.4. The van der Waals surface area contributed by atoms with E-state index in [1.807, 2.05) is 0 Å². The second-order valence-electron chi connectivity index (χ2n) is 7.43. The minimum absolute atomic E-state index is 0.0968. The quantitative estimate of drug-likeness (QED) is 0.908. The van der Waals surface area contributed by atoms with Crippen molar-refractivity contribution in [3.63, 3.8) is 0 Å². The molecule has 2 aliphatic heterocycles. The molecule has 0 radical (unpaired) electrons. The third-order valence-corrected chi connectivity index (χ3v) is 5.19. The number of ether oxygens (including phenoxy) is 1. The summed E-state index contributed by atoms with van der Waals surface area (Å²) in [4.78, 5) is 14.8. The lowest BCUT2D eigenvalue weighted by Crippen LogP contribution is -2.34. The van der Waals surface area contributed by atoms with Crippen LogP contribution in [0.15, 0.2) is 12.1 Å². The normalized spacial score (nSPS) is 22.0. The molecule has 0 aromatic heterocycles. The van der Waals surface area contributed by atoms with Gasteiger partial charge in [-0.15, -0.1) is 0 Å². The number of carbonyl (C=O) groups is 1. The number of nitrogens with zero attached hydrogens (tertiary/aromatic N) is 1. The molecule has 2 aliphatic rings. The van der Waals surface area contributed by atoms with Crippen molar-refractivity contribution < 1.29 is 9.53 Å². The molecule has 4 nitrogen and oxygen atoms in total. The molecule has 1 unspecified atom stereocenters. The number of fused-ring (bicyclic) bond motifs is 2. The van der Waals surface area contributed by atoms with Crippen LogP contribution < -0.4 is 10.1 Å². The molecule has 0 bridgehead atoms. The summed E-state index contributed by atoms with van der Waals surface area (Å²) < 4.78 is 6.04. The highest BCUT2D eigenvalue weighted by molar-refractivity contribution is 5.94. The third kappa shape index (κ3) is 3.37. The fourth-order valence-electron chi connectivity index (χ4n) is 3.51. The Morgan fingerprint density at radius 1 is 1.17 bits per heavy atom. The van der Waals surface area contributed by atoms with Crippen molar-refractivity contribution in [2.45, 2.75) is 53.0 Å². The largest absolute Gasteiger partial charge is 0.478 e. The summed E-state index contributed by atoms with van der Waals surface area (Å²) in [6, 6.07) is 4.76. The number of hydrogen-bond acceptors (Lipinski definition) is 3. The van der Waals surface area contributed by atoms with Gasteiger partial charge in [0.1, 0.15) is 12.5 Å². The first-order valence-corrected chi connectivity index (χ1v) is 8.79.